The van der Waals surface area contributed by atoms with Crippen LogP contribution in [0.2, 0.25) is 0 Å². The number of benzene rings is 2. The van der Waals surface area contributed by atoms with Gasteiger partial charge >= 0.3 is 0 Å². The average molecular weight is 392 g/mol. The number of halogens is 1. The van der Waals surface area contributed by atoms with Gasteiger partial charge in [0.25, 0.3) is 11.8 Å². The summed E-state index contributed by atoms with van der Waals surface area (Å²) < 4.78 is 13.3. The Morgan fingerprint density at radius 1 is 0.897 bits per heavy atom. The van der Waals surface area contributed by atoms with E-state index in [1.165, 1.54) is 17.0 Å². The van der Waals surface area contributed by atoms with Crippen LogP contribution in [0.3, 0.4) is 0 Å². The largest absolute Gasteiger partial charge is 0.366 e. The minimum atomic E-state index is -0.337. The number of hydrogen-bond donors (Lipinski definition) is 0. The molecule has 150 valence electrons. The van der Waals surface area contributed by atoms with Crippen molar-refractivity contribution in [3.63, 3.8) is 0 Å². The number of hydrogen-bond acceptors (Lipinski definition) is 3. The van der Waals surface area contributed by atoms with Crippen molar-refractivity contribution < 1.29 is 14.0 Å². The fourth-order valence-corrected chi connectivity index (χ4v) is 4.23. The molecule has 0 radical (unpaired) electrons. The normalized spacial score (nSPS) is 17.5. The quantitative estimate of drug-likeness (QED) is 0.732. The summed E-state index contributed by atoms with van der Waals surface area (Å²) >= 11 is 0. The van der Waals surface area contributed by atoms with Gasteiger partial charge in [0.1, 0.15) is 11.5 Å². The number of aryl methyl sites for hydroxylation is 2. The molecule has 4 rings (SSSR count). The SMILES string of the molecule is Cc1ccc(C2=C(N3CCCCC3)C(=O)N(Cc3ccc(F)cc3)C2=O)c(C)c1. The molecule has 0 aliphatic carbocycles. The van der Waals surface area contributed by atoms with E-state index in [1.807, 2.05) is 32.0 Å². The molecular formula is C24H25FN2O2. The van der Waals surface area contributed by atoms with Crippen LogP contribution in [0.15, 0.2) is 48.2 Å². The summed E-state index contributed by atoms with van der Waals surface area (Å²) in [6, 6.07) is 11.9. The summed E-state index contributed by atoms with van der Waals surface area (Å²) in [7, 11) is 0. The highest BCUT2D eigenvalue weighted by Gasteiger charge is 2.42. The molecule has 0 atom stereocenters. The Morgan fingerprint density at radius 2 is 1.59 bits per heavy atom. The Labute approximate surface area is 170 Å². The number of imide groups is 1. The third kappa shape index (κ3) is 3.69. The van der Waals surface area contributed by atoms with Crippen LogP contribution in [0.4, 0.5) is 4.39 Å². The van der Waals surface area contributed by atoms with E-state index in [0.717, 1.165) is 54.6 Å². The van der Waals surface area contributed by atoms with Crippen molar-refractivity contribution in [3.8, 4) is 0 Å². The molecule has 1 saturated heterocycles. The van der Waals surface area contributed by atoms with Crippen molar-refractivity contribution >= 4 is 17.4 Å². The van der Waals surface area contributed by atoms with Crippen LogP contribution < -0.4 is 0 Å². The Hall–Kier alpha value is -2.95. The van der Waals surface area contributed by atoms with E-state index >= 15 is 0 Å². The van der Waals surface area contributed by atoms with E-state index in [0.29, 0.717) is 11.3 Å². The van der Waals surface area contributed by atoms with E-state index in [9.17, 15) is 14.0 Å². The third-order valence-corrected chi connectivity index (χ3v) is 5.72. The third-order valence-electron chi connectivity index (χ3n) is 5.72. The predicted octanol–water partition coefficient (Wildman–Crippen LogP) is 4.21. The predicted molar refractivity (Wildman–Crippen MR) is 110 cm³/mol. The second-order valence-electron chi connectivity index (χ2n) is 7.91. The first kappa shape index (κ1) is 19.4. The number of carbonyl (C=O) groups is 2. The minimum absolute atomic E-state index is 0.143. The molecule has 2 aromatic rings. The van der Waals surface area contributed by atoms with Crippen molar-refractivity contribution in [1.29, 1.82) is 0 Å². The maximum atomic E-state index is 13.4. The van der Waals surface area contributed by atoms with Gasteiger partial charge in [0, 0.05) is 13.1 Å². The monoisotopic (exact) mass is 392 g/mol. The van der Waals surface area contributed by atoms with Crippen LogP contribution >= 0.6 is 0 Å². The Bertz CT molecular complexity index is 988. The van der Waals surface area contributed by atoms with Gasteiger partial charge in [-0.1, -0.05) is 35.9 Å². The molecule has 2 amide bonds. The van der Waals surface area contributed by atoms with Crippen LogP contribution in [-0.4, -0.2) is 34.7 Å². The fraction of sp³-hybridized carbons (Fsp3) is 0.333. The Balaban J connectivity index is 1.76. The van der Waals surface area contributed by atoms with Crippen LogP contribution in [-0.2, 0) is 16.1 Å². The van der Waals surface area contributed by atoms with Gasteiger partial charge in [-0.25, -0.2) is 4.39 Å². The molecule has 0 N–H and O–H groups in total. The molecule has 2 heterocycles. The molecular weight excluding hydrogens is 367 g/mol. The van der Waals surface area contributed by atoms with Gasteiger partial charge < -0.3 is 4.90 Å². The fourth-order valence-electron chi connectivity index (χ4n) is 4.23. The van der Waals surface area contributed by atoms with Gasteiger partial charge in [-0.2, -0.15) is 0 Å². The first-order valence-electron chi connectivity index (χ1n) is 10.1. The minimum Gasteiger partial charge on any atom is -0.366 e. The molecule has 0 bridgehead atoms. The summed E-state index contributed by atoms with van der Waals surface area (Å²) in [6.07, 6.45) is 3.18. The number of nitrogens with zero attached hydrogens (tertiary/aromatic N) is 2. The summed E-state index contributed by atoms with van der Waals surface area (Å²) in [6.45, 7) is 5.70. The van der Waals surface area contributed by atoms with E-state index in [-0.39, 0.29) is 24.2 Å². The summed E-state index contributed by atoms with van der Waals surface area (Å²) in [5, 5.41) is 0. The zero-order valence-electron chi connectivity index (χ0n) is 16.9. The van der Waals surface area contributed by atoms with E-state index in [2.05, 4.69) is 4.90 Å². The standard InChI is InChI=1S/C24H25FN2O2/c1-16-6-11-20(17(2)14-16)21-22(26-12-4-3-5-13-26)24(29)27(23(21)28)15-18-7-9-19(25)10-8-18/h6-11,14H,3-5,12-13,15H2,1-2H3. The molecule has 29 heavy (non-hydrogen) atoms. The zero-order valence-corrected chi connectivity index (χ0v) is 16.9. The molecule has 0 aromatic heterocycles. The summed E-state index contributed by atoms with van der Waals surface area (Å²) in [5.41, 5.74) is 4.66. The lowest BCUT2D eigenvalue weighted by Gasteiger charge is -2.29. The molecule has 4 nitrogen and oxygen atoms in total. The van der Waals surface area contributed by atoms with Crippen LogP contribution in [0.5, 0.6) is 0 Å². The van der Waals surface area contributed by atoms with Crippen molar-refractivity contribution in [2.75, 3.05) is 13.1 Å². The van der Waals surface area contributed by atoms with E-state index < -0.39 is 0 Å². The highest BCUT2D eigenvalue weighted by Crippen LogP contribution is 2.35. The van der Waals surface area contributed by atoms with Crippen molar-refractivity contribution in [3.05, 3.63) is 76.2 Å². The maximum absolute atomic E-state index is 13.4. The van der Waals surface area contributed by atoms with Crippen molar-refractivity contribution in [1.82, 2.24) is 9.80 Å². The molecule has 0 spiro atoms. The van der Waals surface area contributed by atoms with E-state index in [4.69, 9.17) is 0 Å². The molecule has 5 heteroatoms. The topological polar surface area (TPSA) is 40.6 Å². The lowest BCUT2D eigenvalue weighted by Crippen LogP contribution is -2.36. The average Bonchev–Trinajstić information content (AvgIpc) is 2.95. The Morgan fingerprint density at radius 3 is 2.24 bits per heavy atom. The molecule has 2 aliphatic heterocycles. The first-order chi connectivity index (χ1) is 14.0. The number of rotatable bonds is 4. The smallest absolute Gasteiger partial charge is 0.278 e. The Kier molecular flexibility index (Phi) is 5.22. The van der Waals surface area contributed by atoms with Crippen LogP contribution in [0, 0.1) is 19.7 Å². The lowest BCUT2D eigenvalue weighted by atomic mass is 9.97. The van der Waals surface area contributed by atoms with Gasteiger partial charge in [0.15, 0.2) is 0 Å². The van der Waals surface area contributed by atoms with Crippen molar-refractivity contribution in [2.45, 2.75) is 39.7 Å². The second kappa shape index (κ2) is 7.82. The highest BCUT2D eigenvalue weighted by molar-refractivity contribution is 6.35. The number of amides is 2. The van der Waals surface area contributed by atoms with Gasteiger partial charge in [-0.05, 0) is 61.9 Å². The van der Waals surface area contributed by atoms with E-state index in [1.54, 1.807) is 12.1 Å². The van der Waals surface area contributed by atoms with Gasteiger partial charge in [0.05, 0.1) is 12.1 Å². The molecule has 0 unspecified atom stereocenters. The zero-order chi connectivity index (χ0) is 20.5. The molecule has 2 aromatic carbocycles. The van der Waals surface area contributed by atoms with Gasteiger partial charge in [-0.3, -0.25) is 14.5 Å². The second-order valence-corrected chi connectivity index (χ2v) is 7.91. The van der Waals surface area contributed by atoms with Crippen molar-refractivity contribution in [2.24, 2.45) is 0 Å². The van der Waals surface area contributed by atoms with Gasteiger partial charge in [-0.15, -0.1) is 0 Å². The first-order valence-corrected chi connectivity index (χ1v) is 10.1. The lowest BCUT2D eigenvalue weighted by molar-refractivity contribution is -0.138. The van der Waals surface area contributed by atoms with Crippen LogP contribution in [0.25, 0.3) is 5.57 Å². The number of likely N-dealkylation sites (tertiary alicyclic amines) is 1. The molecule has 2 aliphatic rings. The summed E-state index contributed by atoms with van der Waals surface area (Å²) in [5.74, 6) is -0.862. The summed E-state index contributed by atoms with van der Waals surface area (Å²) in [4.78, 5) is 30.2. The maximum Gasteiger partial charge on any atom is 0.278 e. The molecule has 0 saturated carbocycles. The highest BCUT2D eigenvalue weighted by atomic mass is 19.1. The molecule has 1 fully saturated rings. The number of carbonyl (C=O) groups excluding carboxylic acids is 2. The van der Waals surface area contributed by atoms with Crippen LogP contribution in [0.1, 0.15) is 41.5 Å². The number of piperidine rings is 1. The van der Waals surface area contributed by atoms with Gasteiger partial charge in [0.2, 0.25) is 0 Å².